The summed E-state index contributed by atoms with van der Waals surface area (Å²) in [6.45, 7) is 3.86. The van der Waals surface area contributed by atoms with E-state index in [1.54, 1.807) is 13.8 Å². The molecule has 0 heterocycles. The van der Waals surface area contributed by atoms with Crippen molar-refractivity contribution in [3.8, 4) is 0 Å². The van der Waals surface area contributed by atoms with Crippen molar-refractivity contribution in [2.24, 2.45) is 11.7 Å². The van der Waals surface area contributed by atoms with E-state index in [9.17, 15) is 18.5 Å². The Morgan fingerprint density at radius 3 is 2.48 bits per heavy atom. The van der Waals surface area contributed by atoms with Crippen molar-refractivity contribution in [1.29, 1.82) is 0 Å². The SMILES string of the molecule is Cc1cc([N+](=O)[O-])c(S(=O)(=O)NC2CCCCC2CN)cc1C. The highest BCUT2D eigenvalue weighted by molar-refractivity contribution is 7.89. The summed E-state index contributed by atoms with van der Waals surface area (Å²) in [4.78, 5) is 10.3. The van der Waals surface area contributed by atoms with Gasteiger partial charge in [0, 0.05) is 12.1 Å². The molecule has 0 spiro atoms. The van der Waals surface area contributed by atoms with E-state index in [1.165, 1.54) is 12.1 Å². The number of hydrogen-bond donors (Lipinski definition) is 2. The van der Waals surface area contributed by atoms with E-state index in [2.05, 4.69) is 4.72 Å². The van der Waals surface area contributed by atoms with Gasteiger partial charge < -0.3 is 5.73 Å². The van der Waals surface area contributed by atoms with Crippen LogP contribution in [0.4, 0.5) is 5.69 Å². The van der Waals surface area contributed by atoms with E-state index >= 15 is 0 Å². The molecular formula is C15H23N3O4S. The van der Waals surface area contributed by atoms with Crippen molar-refractivity contribution >= 4 is 15.7 Å². The summed E-state index contributed by atoms with van der Waals surface area (Å²) in [5.41, 5.74) is 6.73. The van der Waals surface area contributed by atoms with Crippen molar-refractivity contribution in [3.05, 3.63) is 33.4 Å². The predicted molar refractivity (Wildman–Crippen MR) is 87.7 cm³/mol. The lowest BCUT2D eigenvalue weighted by molar-refractivity contribution is -0.387. The summed E-state index contributed by atoms with van der Waals surface area (Å²) >= 11 is 0. The van der Waals surface area contributed by atoms with Crippen LogP contribution in [0.3, 0.4) is 0 Å². The molecule has 0 amide bonds. The second-order valence-corrected chi connectivity index (χ2v) is 7.85. The maximum Gasteiger partial charge on any atom is 0.289 e. The average Bonchev–Trinajstić information content (AvgIpc) is 2.49. The molecule has 1 aliphatic rings. The Morgan fingerprint density at radius 1 is 1.26 bits per heavy atom. The number of nitrogens with two attached hydrogens (primary N) is 1. The molecule has 1 aromatic carbocycles. The zero-order valence-electron chi connectivity index (χ0n) is 13.4. The van der Waals surface area contributed by atoms with E-state index in [-0.39, 0.29) is 22.5 Å². The standard InChI is InChI=1S/C15H23N3O4S/c1-10-7-14(18(19)20)15(8-11(10)2)23(21,22)17-13-6-4-3-5-12(13)9-16/h7-8,12-13,17H,3-6,9,16H2,1-2H3. The molecule has 0 aliphatic heterocycles. The zero-order chi connectivity index (χ0) is 17.2. The van der Waals surface area contributed by atoms with Crippen LogP contribution in [-0.2, 0) is 10.0 Å². The van der Waals surface area contributed by atoms with E-state index in [1.807, 2.05) is 0 Å². The summed E-state index contributed by atoms with van der Waals surface area (Å²) in [6.07, 6.45) is 3.54. The van der Waals surface area contributed by atoms with Gasteiger partial charge in [-0.25, -0.2) is 13.1 Å². The number of nitro groups is 1. The van der Waals surface area contributed by atoms with E-state index in [4.69, 9.17) is 5.73 Å². The van der Waals surface area contributed by atoms with Crippen LogP contribution in [-0.4, -0.2) is 25.9 Å². The second-order valence-electron chi connectivity index (χ2n) is 6.17. The number of hydrogen-bond acceptors (Lipinski definition) is 5. The maximum atomic E-state index is 12.7. The van der Waals surface area contributed by atoms with Gasteiger partial charge in [0.2, 0.25) is 10.0 Å². The molecule has 1 aromatic rings. The fourth-order valence-electron chi connectivity index (χ4n) is 3.04. The molecule has 0 aromatic heterocycles. The fraction of sp³-hybridized carbons (Fsp3) is 0.600. The first-order valence-corrected chi connectivity index (χ1v) is 9.22. The summed E-state index contributed by atoms with van der Waals surface area (Å²) in [7, 11) is -3.97. The third-order valence-corrected chi connectivity index (χ3v) is 6.10. The van der Waals surface area contributed by atoms with Crippen LogP contribution < -0.4 is 10.5 Å². The Balaban J connectivity index is 2.39. The minimum absolute atomic E-state index is 0.0733. The molecule has 2 rings (SSSR count). The number of nitrogens with one attached hydrogen (secondary N) is 1. The molecule has 2 unspecified atom stereocenters. The first-order chi connectivity index (χ1) is 10.8. The predicted octanol–water partition coefficient (Wildman–Crippen LogP) is 2.01. The van der Waals surface area contributed by atoms with Crippen LogP contribution in [0, 0.1) is 29.9 Å². The largest absolute Gasteiger partial charge is 0.330 e. The molecule has 0 radical (unpaired) electrons. The summed E-state index contributed by atoms with van der Waals surface area (Å²) in [5, 5.41) is 11.2. The van der Waals surface area contributed by atoms with Gasteiger partial charge in [-0.3, -0.25) is 10.1 Å². The molecule has 2 atom stereocenters. The van der Waals surface area contributed by atoms with Crippen molar-refractivity contribution in [3.63, 3.8) is 0 Å². The Bertz CT molecular complexity index is 703. The minimum atomic E-state index is -3.97. The highest BCUT2D eigenvalue weighted by atomic mass is 32.2. The molecule has 128 valence electrons. The highest BCUT2D eigenvalue weighted by Gasteiger charge is 2.32. The topological polar surface area (TPSA) is 115 Å². The number of nitro benzene ring substituents is 1. The number of rotatable bonds is 5. The van der Waals surface area contributed by atoms with E-state index < -0.39 is 14.9 Å². The van der Waals surface area contributed by atoms with Crippen molar-refractivity contribution in [1.82, 2.24) is 4.72 Å². The van der Waals surface area contributed by atoms with Gasteiger partial charge in [-0.1, -0.05) is 12.8 Å². The molecule has 8 heteroatoms. The number of nitrogens with zero attached hydrogens (tertiary/aromatic N) is 1. The molecule has 7 nitrogen and oxygen atoms in total. The summed E-state index contributed by atoms with van der Waals surface area (Å²) in [5.74, 6) is 0.0733. The molecule has 1 saturated carbocycles. The van der Waals surface area contributed by atoms with Gasteiger partial charge in [-0.2, -0.15) is 0 Å². The van der Waals surface area contributed by atoms with Crippen molar-refractivity contribution in [2.75, 3.05) is 6.54 Å². The Kier molecular flexibility index (Phi) is 5.38. The lowest BCUT2D eigenvalue weighted by Crippen LogP contribution is -2.44. The first-order valence-electron chi connectivity index (χ1n) is 7.74. The van der Waals surface area contributed by atoms with Gasteiger partial charge >= 0.3 is 0 Å². The van der Waals surface area contributed by atoms with Gasteiger partial charge in [0.25, 0.3) is 5.69 Å². The highest BCUT2D eigenvalue weighted by Crippen LogP contribution is 2.30. The Morgan fingerprint density at radius 2 is 1.87 bits per heavy atom. The molecule has 1 fully saturated rings. The lowest BCUT2D eigenvalue weighted by atomic mass is 9.85. The van der Waals surface area contributed by atoms with Crippen molar-refractivity contribution < 1.29 is 13.3 Å². The zero-order valence-corrected chi connectivity index (χ0v) is 14.2. The Labute approximate surface area is 136 Å². The van der Waals surface area contributed by atoms with Crippen LogP contribution in [0.5, 0.6) is 0 Å². The molecule has 1 aliphatic carbocycles. The minimum Gasteiger partial charge on any atom is -0.330 e. The smallest absolute Gasteiger partial charge is 0.289 e. The first kappa shape index (κ1) is 17.8. The van der Waals surface area contributed by atoms with Crippen LogP contribution in [0.15, 0.2) is 17.0 Å². The normalized spacial score (nSPS) is 22.0. The monoisotopic (exact) mass is 341 g/mol. The van der Waals surface area contributed by atoms with Gasteiger partial charge in [-0.15, -0.1) is 0 Å². The third kappa shape index (κ3) is 3.88. The third-order valence-electron chi connectivity index (χ3n) is 4.58. The molecule has 3 N–H and O–H groups in total. The van der Waals surface area contributed by atoms with Crippen LogP contribution >= 0.6 is 0 Å². The average molecular weight is 341 g/mol. The number of benzene rings is 1. The lowest BCUT2D eigenvalue weighted by Gasteiger charge is -2.31. The van der Waals surface area contributed by atoms with Crippen molar-refractivity contribution in [2.45, 2.75) is 50.5 Å². The molecule has 0 bridgehead atoms. The van der Waals surface area contributed by atoms with E-state index in [0.717, 1.165) is 19.3 Å². The molecular weight excluding hydrogens is 318 g/mol. The van der Waals surface area contributed by atoms with Gasteiger partial charge in [-0.05, 0) is 56.3 Å². The van der Waals surface area contributed by atoms with Gasteiger partial charge in [0.1, 0.15) is 0 Å². The van der Waals surface area contributed by atoms with Crippen LogP contribution in [0.25, 0.3) is 0 Å². The fourth-order valence-corrected chi connectivity index (χ4v) is 4.62. The van der Waals surface area contributed by atoms with Crippen LogP contribution in [0.2, 0.25) is 0 Å². The Hall–Kier alpha value is -1.51. The van der Waals surface area contributed by atoms with Crippen LogP contribution in [0.1, 0.15) is 36.8 Å². The number of aryl methyl sites for hydroxylation is 2. The van der Waals surface area contributed by atoms with E-state index in [0.29, 0.717) is 24.1 Å². The molecule has 0 saturated heterocycles. The quantitative estimate of drug-likeness (QED) is 0.628. The summed E-state index contributed by atoms with van der Waals surface area (Å²) < 4.78 is 28.0. The maximum absolute atomic E-state index is 12.7. The molecule has 23 heavy (non-hydrogen) atoms. The van der Waals surface area contributed by atoms with Gasteiger partial charge in [0.05, 0.1) is 4.92 Å². The second kappa shape index (κ2) is 6.94. The van der Waals surface area contributed by atoms with Gasteiger partial charge in [0.15, 0.2) is 4.90 Å². The number of sulfonamides is 1. The summed E-state index contributed by atoms with van der Waals surface area (Å²) in [6, 6.07) is 2.42.